The number of nitrogens with one attached hydrogen (secondary N) is 10. The predicted molar refractivity (Wildman–Crippen MR) is 473 cm³/mol. The Morgan fingerprint density at radius 2 is 0.615 bits per heavy atom. The Bertz CT molecular complexity index is 4610. The van der Waals surface area contributed by atoms with E-state index in [0.29, 0.717) is 76.2 Å². The summed E-state index contributed by atoms with van der Waals surface area (Å²) >= 11 is 0. The molecule has 46 nitrogen and oxygen atoms in total. The highest BCUT2D eigenvalue weighted by Gasteiger charge is 2.53. The highest BCUT2D eigenvalue weighted by atomic mass is 16.4. The van der Waals surface area contributed by atoms with E-state index in [-0.39, 0.29) is 135 Å². The molecule has 1 aromatic rings. The molecule has 0 saturated carbocycles. The Morgan fingerprint density at radius 1 is 0.326 bits per heavy atom. The third-order valence-electron chi connectivity index (χ3n) is 26.3. The molecule has 1 aromatic carbocycles. The largest absolute Gasteiger partial charge is 0.481 e. The number of aliphatic hydroxyl groups excluding tert-OH is 1. The normalized spacial score (nSPS) is 23.3. The lowest BCUT2D eigenvalue weighted by atomic mass is 10.00. The van der Waals surface area contributed by atoms with Crippen LogP contribution in [0.2, 0.25) is 0 Å². The molecule has 19 amide bonds. The summed E-state index contributed by atoms with van der Waals surface area (Å²) in [5, 5.41) is 63.9. The smallest absolute Gasteiger partial charge is 0.326 e. The highest BCUT2D eigenvalue weighted by Crippen LogP contribution is 2.35. The van der Waals surface area contributed by atoms with Crippen LogP contribution >= 0.6 is 0 Å². The molecular weight excluding hydrogens is 1770 g/mol. The van der Waals surface area contributed by atoms with Gasteiger partial charge in [-0.25, -0.2) is 4.79 Å². The van der Waals surface area contributed by atoms with Crippen LogP contribution in [-0.2, 0) is 112 Å². The van der Waals surface area contributed by atoms with Gasteiger partial charge in [-0.1, -0.05) is 58.0 Å². The first-order valence-corrected chi connectivity index (χ1v) is 46.9. The fourth-order valence-electron chi connectivity index (χ4n) is 19.6. The average Bonchev–Trinajstić information content (AvgIpc) is 1.64. The molecule has 9 aliphatic rings. The van der Waals surface area contributed by atoms with Crippen molar-refractivity contribution in [3.05, 3.63) is 35.9 Å². The fourth-order valence-corrected chi connectivity index (χ4v) is 19.6. The summed E-state index contributed by atoms with van der Waals surface area (Å²) in [7, 11) is 0. The number of carboxylic acid groups (broad SMARTS) is 3. The van der Waals surface area contributed by atoms with Crippen molar-refractivity contribution in [1.82, 2.24) is 97.3 Å². The number of nitrogens with zero attached hydrogens (tertiary/aromatic N) is 9. The molecule has 0 bridgehead atoms. The van der Waals surface area contributed by atoms with Crippen LogP contribution in [0.5, 0.6) is 0 Å². The maximum atomic E-state index is 15.2. The summed E-state index contributed by atoms with van der Waals surface area (Å²) in [4.78, 5) is 316. The molecule has 0 aliphatic carbocycles. The van der Waals surface area contributed by atoms with E-state index < -0.39 is 272 Å². The van der Waals surface area contributed by atoms with Crippen molar-refractivity contribution in [3.8, 4) is 0 Å². The maximum Gasteiger partial charge on any atom is 0.326 e. The number of aliphatic carboxylic acids is 3. The van der Waals surface area contributed by atoms with E-state index in [4.69, 9.17) is 5.73 Å². The van der Waals surface area contributed by atoms with Crippen LogP contribution in [0.15, 0.2) is 30.3 Å². The Balaban J connectivity index is 0.726. The molecule has 10 rings (SSSR count). The van der Waals surface area contributed by atoms with Crippen LogP contribution in [0.1, 0.15) is 188 Å². The van der Waals surface area contributed by atoms with Crippen LogP contribution in [0.3, 0.4) is 0 Å². The molecule has 9 saturated heterocycles. The van der Waals surface area contributed by atoms with Gasteiger partial charge in [0, 0.05) is 65.3 Å². The quantitative estimate of drug-likeness (QED) is 0.0291. The second kappa shape index (κ2) is 48.1. The third kappa shape index (κ3) is 27.0. The van der Waals surface area contributed by atoms with E-state index in [1.165, 1.54) is 57.9 Å². The number of rotatable bonds is 41. The van der Waals surface area contributed by atoms with Gasteiger partial charge >= 0.3 is 17.9 Å². The number of carbonyl (C=O) groups excluding carboxylic acids is 19. The molecule has 9 aliphatic heterocycles. The summed E-state index contributed by atoms with van der Waals surface area (Å²) in [5.41, 5.74) is 5.98. The lowest BCUT2D eigenvalue weighted by Gasteiger charge is -2.37. The van der Waals surface area contributed by atoms with E-state index >= 15 is 9.59 Å². The third-order valence-corrected chi connectivity index (χ3v) is 26.3. The molecule has 17 atom stereocenters. The highest BCUT2D eigenvalue weighted by molar-refractivity contribution is 6.03. The van der Waals surface area contributed by atoms with Crippen molar-refractivity contribution in [1.29, 1.82) is 0 Å². The van der Waals surface area contributed by atoms with Crippen molar-refractivity contribution >= 4 is 130 Å². The van der Waals surface area contributed by atoms with Gasteiger partial charge in [-0.3, -0.25) is 101 Å². The van der Waals surface area contributed by atoms with Gasteiger partial charge in [-0.15, -0.1) is 0 Å². The standard InChI is InChI=1S/C89H130N20O26/c1-48(2)39-56(96-70(114)47-93-68(112)45-91-67(111)44-92-69(113)46-94-79(124)73(90)51(6)110)81(126)101-30-10-21-58(101)77(122)95-50(5)80(125)103-32-12-23-60(103)83(128)102-31-11-22-59(102)78(123)99-55(43-72(117)118)76(121)98-54(42-71(115)116)75(120)97-53(41-52-19-8-7-9-20-52)74(119)100-57(40-49(3)4)82(127)104-33-13-24-61(104)84(129)105-34-14-25-62(105)85(130)106-35-15-26-63(106)86(131)107-36-16-27-64(107)87(132)108-37-17-28-65(108)88(133)109-38-18-29-66(109)89(134)135/h7-9,19-20,48-51,53-66,73,110H,10-18,21-47,90H2,1-6H3,(H,91,111)(H,92,113)(H,93,112)(H,94,124)(H,95,122)(H,96,114)(H,97,120)(H,98,121)(H,99,123)(H,100,119)(H,115,116)(H,117,118)(H,134,135)/t50-,51+,53-,54-,55-,56-,57-,58-,59-,60-,61-,62-,63-,64-,65-,66-,73-/m0/s1. The number of hydrogen-bond acceptors (Lipinski definition) is 24. The molecular formula is C89H130N20O26. The van der Waals surface area contributed by atoms with Crippen LogP contribution in [0.25, 0.3) is 0 Å². The molecule has 9 fully saturated rings. The minimum absolute atomic E-state index is 0.00574. The number of aliphatic hydroxyl groups is 1. The molecule has 0 radical (unpaired) electrons. The molecule has 0 aromatic heterocycles. The minimum Gasteiger partial charge on any atom is -0.481 e. The molecule has 9 heterocycles. The zero-order valence-corrected chi connectivity index (χ0v) is 77.2. The minimum atomic E-state index is -2.08. The van der Waals surface area contributed by atoms with Crippen LogP contribution < -0.4 is 58.9 Å². The van der Waals surface area contributed by atoms with E-state index in [0.717, 1.165) is 0 Å². The van der Waals surface area contributed by atoms with Crippen LogP contribution in [0.4, 0.5) is 0 Å². The van der Waals surface area contributed by atoms with Crippen molar-refractivity contribution in [2.45, 2.75) is 292 Å². The first-order valence-electron chi connectivity index (χ1n) is 46.9. The number of benzene rings is 1. The van der Waals surface area contributed by atoms with Crippen molar-refractivity contribution in [3.63, 3.8) is 0 Å². The van der Waals surface area contributed by atoms with Crippen LogP contribution in [0, 0.1) is 11.8 Å². The Kier molecular flexibility index (Phi) is 37.2. The molecule has 16 N–H and O–H groups in total. The molecule has 742 valence electrons. The van der Waals surface area contributed by atoms with Gasteiger partial charge in [-0.05, 0) is 160 Å². The van der Waals surface area contributed by atoms with E-state index in [1.54, 1.807) is 58.0 Å². The van der Waals surface area contributed by atoms with Gasteiger partial charge in [0.15, 0.2) is 0 Å². The average molecular weight is 1900 g/mol. The lowest BCUT2D eigenvalue weighted by molar-refractivity contribution is -0.155. The molecule has 46 heteroatoms. The zero-order chi connectivity index (χ0) is 98.5. The van der Waals surface area contributed by atoms with Crippen LogP contribution in [-0.4, -0.2) is 383 Å². The summed E-state index contributed by atoms with van der Waals surface area (Å²) < 4.78 is 0. The Morgan fingerprint density at radius 3 is 1.00 bits per heavy atom. The van der Waals surface area contributed by atoms with Gasteiger partial charge in [0.05, 0.1) is 45.1 Å². The number of hydrogen-bond donors (Lipinski definition) is 15. The lowest BCUT2D eigenvalue weighted by Crippen LogP contribution is -2.61. The van der Waals surface area contributed by atoms with E-state index in [2.05, 4.69) is 53.2 Å². The number of amides is 19. The first-order chi connectivity index (χ1) is 64.1. The van der Waals surface area contributed by atoms with E-state index in [1.807, 2.05) is 0 Å². The van der Waals surface area contributed by atoms with Crippen molar-refractivity contribution in [2.24, 2.45) is 17.6 Å². The summed E-state index contributed by atoms with van der Waals surface area (Å²) in [6, 6.07) is -12.3. The molecule has 135 heavy (non-hydrogen) atoms. The van der Waals surface area contributed by atoms with Crippen molar-refractivity contribution in [2.75, 3.05) is 85.1 Å². The van der Waals surface area contributed by atoms with Gasteiger partial charge in [0.1, 0.15) is 96.7 Å². The van der Waals surface area contributed by atoms with Gasteiger partial charge in [0.2, 0.25) is 112 Å². The predicted octanol–water partition coefficient (Wildman–Crippen LogP) is -5.62. The van der Waals surface area contributed by atoms with Gasteiger partial charge in [-0.2, -0.15) is 0 Å². The zero-order valence-electron chi connectivity index (χ0n) is 77.2. The fraction of sp³-hybridized carbons (Fsp3) is 0.685. The topological polar surface area (TPSA) is 632 Å². The first kappa shape index (κ1) is 105. The Hall–Kier alpha value is -12.5. The van der Waals surface area contributed by atoms with E-state index in [9.17, 15) is 116 Å². The SMILES string of the molecule is CC(C)C[C@H](NC(=O)CNC(=O)CNC(=O)CNC(=O)CNC(=O)[C@@H](N)[C@@H](C)O)C(=O)N1CCC[C@H]1C(=O)N[C@@H](C)C(=O)N1CCC[C@H]1C(=O)N1CCC[C@H]1C(=O)N[C@@H](CC(=O)O)C(=O)N[C@@H](CC(=O)O)C(=O)N[C@@H](Cc1ccccc1)C(=O)N[C@@H](CC(C)C)C(=O)N1CCC[C@H]1C(=O)N1CCC[C@H]1C(=O)N1CCC[C@H]1C(=O)N1CCC[C@H]1C(=O)N1CCC[C@H]1C(=O)N1CCC[C@H]1C(=O)O. The molecule has 0 spiro atoms. The number of carbonyl (C=O) groups is 22. The number of likely N-dealkylation sites (tertiary alicyclic amines) is 9. The number of nitrogens with two attached hydrogens (primary N) is 1. The molecule has 0 unspecified atom stereocenters. The second-order valence-corrected chi connectivity index (χ2v) is 37.1. The van der Waals surface area contributed by atoms with Crippen molar-refractivity contribution < 1.29 is 126 Å². The number of carboxylic acids is 3. The van der Waals surface area contributed by atoms with Gasteiger partial charge < -0.3 is 123 Å². The summed E-state index contributed by atoms with van der Waals surface area (Å²) in [6.07, 6.45) is 1.80. The maximum absolute atomic E-state index is 15.2. The monoisotopic (exact) mass is 1890 g/mol. The summed E-state index contributed by atoms with van der Waals surface area (Å²) in [5.74, 6) is -19.2. The Labute approximate surface area is 780 Å². The second-order valence-electron chi connectivity index (χ2n) is 37.1. The van der Waals surface area contributed by atoms with Gasteiger partial charge in [0.25, 0.3) is 0 Å². The summed E-state index contributed by atoms with van der Waals surface area (Å²) in [6.45, 7) is 8.58.